The fourth-order valence-corrected chi connectivity index (χ4v) is 5.52. The van der Waals surface area contributed by atoms with Gasteiger partial charge in [-0.25, -0.2) is 24.9 Å². The molecule has 3 atom stereocenters. The number of ether oxygens (including phenoxy) is 1. The molecule has 6 heterocycles. The van der Waals surface area contributed by atoms with Gasteiger partial charge in [0.05, 0.1) is 35.4 Å². The third kappa shape index (κ3) is 3.82. The highest BCUT2D eigenvalue weighted by Gasteiger charge is 2.32. The van der Waals surface area contributed by atoms with Gasteiger partial charge >= 0.3 is 0 Å². The molecule has 3 aliphatic rings. The maximum Gasteiger partial charge on any atom is 0.182 e. The van der Waals surface area contributed by atoms with E-state index in [2.05, 4.69) is 31.7 Å². The molecular weight excluding hydrogens is 440 g/mol. The standard InChI is InChI=1S/C26H30N8O/c1-15-16(2)30-26-24(29-15)23(17-5-8-33-9-7-27-22(33)12-17)31-25(32-26)18-6-10-35-21(11-18)19-13-28-34(14-19)20-3-4-20/h7,9,13-14,17-18,20-21H,3-6,8,10-12H2,1-2H3. The molecule has 0 radical (unpaired) electrons. The first-order valence-corrected chi connectivity index (χ1v) is 12.8. The van der Waals surface area contributed by atoms with E-state index in [9.17, 15) is 0 Å². The second-order valence-electron chi connectivity index (χ2n) is 10.3. The molecule has 4 aromatic rings. The van der Waals surface area contributed by atoms with Crippen molar-refractivity contribution in [3.05, 3.63) is 59.1 Å². The van der Waals surface area contributed by atoms with E-state index >= 15 is 0 Å². The van der Waals surface area contributed by atoms with Crippen molar-refractivity contribution in [2.24, 2.45) is 0 Å². The zero-order valence-electron chi connectivity index (χ0n) is 20.3. The molecule has 0 N–H and O–H groups in total. The summed E-state index contributed by atoms with van der Waals surface area (Å²) < 4.78 is 10.5. The quantitative estimate of drug-likeness (QED) is 0.442. The molecule has 2 fully saturated rings. The van der Waals surface area contributed by atoms with Crippen LogP contribution in [0.3, 0.4) is 0 Å². The van der Waals surface area contributed by atoms with Crippen molar-refractivity contribution in [1.82, 2.24) is 39.3 Å². The molecule has 1 saturated heterocycles. The number of hydrogen-bond acceptors (Lipinski definition) is 7. The zero-order valence-corrected chi connectivity index (χ0v) is 20.3. The monoisotopic (exact) mass is 470 g/mol. The molecule has 0 spiro atoms. The van der Waals surface area contributed by atoms with Crippen LogP contribution in [0.4, 0.5) is 0 Å². The van der Waals surface area contributed by atoms with Gasteiger partial charge in [-0.1, -0.05) is 0 Å². The lowest BCUT2D eigenvalue weighted by Gasteiger charge is -2.29. The summed E-state index contributed by atoms with van der Waals surface area (Å²) in [6.45, 7) is 5.66. The van der Waals surface area contributed by atoms with E-state index in [0.717, 1.165) is 72.0 Å². The predicted octanol–water partition coefficient (Wildman–Crippen LogP) is 4.13. The normalized spacial score (nSPS) is 24.6. The predicted molar refractivity (Wildman–Crippen MR) is 129 cm³/mol. The van der Waals surface area contributed by atoms with Crippen molar-refractivity contribution >= 4 is 11.2 Å². The smallest absolute Gasteiger partial charge is 0.182 e. The first-order valence-electron chi connectivity index (χ1n) is 12.8. The molecule has 0 aromatic carbocycles. The van der Waals surface area contributed by atoms with Crippen LogP contribution in [0.1, 0.15) is 90.4 Å². The third-order valence-corrected chi connectivity index (χ3v) is 7.89. The van der Waals surface area contributed by atoms with E-state index < -0.39 is 0 Å². The van der Waals surface area contributed by atoms with E-state index in [4.69, 9.17) is 24.7 Å². The van der Waals surface area contributed by atoms with Gasteiger partial charge in [-0.2, -0.15) is 5.10 Å². The molecule has 2 aliphatic heterocycles. The van der Waals surface area contributed by atoms with Crippen molar-refractivity contribution in [2.75, 3.05) is 6.61 Å². The Morgan fingerprint density at radius 2 is 1.86 bits per heavy atom. The van der Waals surface area contributed by atoms with Gasteiger partial charge in [-0.3, -0.25) is 4.68 Å². The van der Waals surface area contributed by atoms with Crippen LogP contribution in [0.5, 0.6) is 0 Å². The summed E-state index contributed by atoms with van der Waals surface area (Å²) in [6, 6.07) is 0.575. The number of hydrogen-bond donors (Lipinski definition) is 0. The first-order chi connectivity index (χ1) is 17.1. The van der Waals surface area contributed by atoms with Gasteiger partial charge in [-0.15, -0.1) is 0 Å². The minimum absolute atomic E-state index is 0.0250. The molecule has 1 saturated carbocycles. The summed E-state index contributed by atoms with van der Waals surface area (Å²) in [6.07, 6.45) is 14.2. The highest BCUT2D eigenvalue weighted by molar-refractivity contribution is 5.73. The molecule has 9 heteroatoms. The molecule has 7 rings (SSSR count). The fraction of sp³-hybridized carbons (Fsp3) is 0.538. The molecule has 4 aromatic heterocycles. The number of rotatable bonds is 4. The average Bonchev–Trinajstić information content (AvgIpc) is 3.41. The van der Waals surface area contributed by atoms with Crippen LogP contribution in [0.25, 0.3) is 11.2 Å². The topological polar surface area (TPSA) is 96.4 Å². The molecule has 180 valence electrons. The lowest BCUT2D eigenvalue weighted by Crippen LogP contribution is -2.23. The maximum atomic E-state index is 6.18. The molecule has 9 nitrogen and oxygen atoms in total. The minimum Gasteiger partial charge on any atom is -0.373 e. The minimum atomic E-state index is 0.0250. The van der Waals surface area contributed by atoms with Gasteiger partial charge in [0.1, 0.15) is 17.2 Å². The Bertz CT molecular complexity index is 1400. The van der Waals surface area contributed by atoms with E-state index in [1.165, 1.54) is 12.8 Å². The second kappa shape index (κ2) is 8.19. The van der Waals surface area contributed by atoms with E-state index in [1.54, 1.807) is 0 Å². The lowest BCUT2D eigenvalue weighted by atomic mass is 9.90. The van der Waals surface area contributed by atoms with E-state index in [0.29, 0.717) is 18.3 Å². The van der Waals surface area contributed by atoms with Crippen molar-refractivity contribution in [1.29, 1.82) is 0 Å². The van der Waals surface area contributed by atoms with Crippen LogP contribution in [0, 0.1) is 13.8 Å². The highest BCUT2D eigenvalue weighted by atomic mass is 16.5. The highest BCUT2D eigenvalue weighted by Crippen LogP contribution is 2.40. The number of imidazole rings is 1. The number of aryl methyl sites for hydroxylation is 3. The molecular formula is C26H30N8O. The number of aromatic nitrogens is 8. The van der Waals surface area contributed by atoms with Gasteiger partial charge < -0.3 is 9.30 Å². The van der Waals surface area contributed by atoms with Crippen molar-refractivity contribution < 1.29 is 4.74 Å². The molecule has 0 bridgehead atoms. The Balaban J connectivity index is 1.25. The summed E-state index contributed by atoms with van der Waals surface area (Å²) >= 11 is 0. The van der Waals surface area contributed by atoms with Gasteiger partial charge in [0.2, 0.25) is 0 Å². The Kier molecular flexibility index (Phi) is 4.94. The van der Waals surface area contributed by atoms with Crippen LogP contribution >= 0.6 is 0 Å². The van der Waals surface area contributed by atoms with Crippen LogP contribution in [-0.2, 0) is 17.7 Å². The van der Waals surface area contributed by atoms with Crippen molar-refractivity contribution in [3.63, 3.8) is 0 Å². The van der Waals surface area contributed by atoms with Gasteiger partial charge in [-0.05, 0) is 46.0 Å². The van der Waals surface area contributed by atoms with Gasteiger partial charge in [0.25, 0.3) is 0 Å². The SMILES string of the molecule is Cc1nc2nc(C3CCOC(c4cnn(C5CC5)c4)C3)nc(C3CCn4ccnc4C3)c2nc1C. The van der Waals surface area contributed by atoms with Crippen LogP contribution in [0.15, 0.2) is 24.8 Å². The Morgan fingerprint density at radius 3 is 2.74 bits per heavy atom. The molecule has 0 amide bonds. The van der Waals surface area contributed by atoms with Crippen LogP contribution < -0.4 is 0 Å². The number of fused-ring (bicyclic) bond motifs is 2. The Morgan fingerprint density at radius 1 is 0.971 bits per heavy atom. The van der Waals surface area contributed by atoms with Crippen LogP contribution in [-0.4, -0.2) is 45.9 Å². The summed E-state index contributed by atoms with van der Waals surface area (Å²) in [5.74, 6) is 2.47. The molecule has 35 heavy (non-hydrogen) atoms. The summed E-state index contributed by atoms with van der Waals surface area (Å²) in [7, 11) is 0. The van der Waals surface area contributed by atoms with Gasteiger partial charge in [0, 0.05) is 55.6 Å². The second-order valence-corrected chi connectivity index (χ2v) is 10.3. The largest absolute Gasteiger partial charge is 0.373 e. The number of nitrogens with zero attached hydrogens (tertiary/aromatic N) is 8. The first kappa shape index (κ1) is 21.1. The fourth-order valence-electron chi connectivity index (χ4n) is 5.52. The van der Waals surface area contributed by atoms with E-state index in [-0.39, 0.29) is 17.9 Å². The summed E-state index contributed by atoms with van der Waals surface area (Å²) in [5.41, 5.74) is 5.60. The maximum absolute atomic E-state index is 6.18. The zero-order chi connectivity index (χ0) is 23.5. The van der Waals surface area contributed by atoms with Crippen molar-refractivity contribution in [2.45, 2.75) is 82.9 Å². The Hall–Kier alpha value is -3.20. The lowest BCUT2D eigenvalue weighted by molar-refractivity contribution is 0.00391. The molecule has 1 aliphatic carbocycles. The average molecular weight is 471 g/mol. The van der Waals surface area contributed by atoms with Crippen LogP contribution in [0.2, 0.25) is 0 Å². The molecule has 3 unspecified atom stereocenters. The van der Waals surface area contributed by atoms with E-state index in [1.807, 2.05) is 26.2 Å². The van der Waals surface area contributed by atoms with Crippen molar-refractivity contribution in [3.8, 4) is 0 Å². The summed E-state index contributed by atoms with van der Waals surface area (Å²) in [4.78, 5) is 24.5. The summed E-state index contributed by atoms with van der Waals surface area (Å²) in [5, 5.41) is 4.58. The Labute approximate surface area is 204 Å². The third-order valence-electron chi connectivity index (χ3n) is 7.89. The van der Waals surface area contributed by atoms with Gasteiger partial charge in [0.15, 0.2) is 5.65 Å².